The Morgan fingerprint density at radius 1 is 1.05 bits per heavy atom. The van der Waals surface area contributed by atoms with Crippen molar-refractivity contribution in [1.29, 1.82) is 0 Å². The van der Waals surface area contributed by atoms with Crippen LogP contribution in [0.2, 0.25) is 0 Å². The summed E-state index contributed by atoms with van der Waals surface area (Å²) in [6.45, 7) is 0. The number of hydrogen-bond acceptors (Lipinski definition) is 3. The van der Waals surface area contributed by atoms with Gasteiger partial charge in [0.25, 0.3) is 0 Å². The summed E-state index contributed by atoms with van der Waals surface area (Å²) in [6.07, 6.45) is 12.4. The molecule has 0 saturated heterocycles. The summed E-state index contributed by atoms with van der Waals surface area (Å²) in [5.41, 5.74) is 10.4. The molecule has 2 aromatic heterocycles. The Hall–Kier alpha value is -2.42. The molecule has 3 heteroatoms. The maximum Gasteiger partial charge on any atom is 0.0346 e. The fourth-order valence-electron chi connectivity index (χ4n) is 2.36. The summed E-state index contributed by atoms with van der Waals surface area (Å²) in [4.78, 5) is 8.34. The van der Waals surface area contributed by atoms with E-state index in [1.807, 2.05) is 36.7 Å². The second kappa shape index (κ2) is 5.06. The minimum atomic E-state index is 0.286. The SMILES string of the molecule is NC1=CC(c2cccnc2)=CC(c2cccnc2)C1. The molecule has 2 heterocycles. The fourth-order valence-corrected chi connectivity index (χ4v) is 2.36. The van der Waals surface area contributed by atoms with Gasteiger partial charge in [0.1, 0.15) is 0 Å². The quantitative estimate of drug-likeness (QED) is 0.890. The van der Waals surface area contributed by atoms with Crippen LogP contribution in [0.3, 0.4) is 0 Å². The van der Waals surface area contributed by atoms with Crippen molar-refractivity contribution in [3.63, 3.8) is 0 Å². The van der Waals surface area contributed by atoms with Crippen molar-refractivity contribution < 1.29 is 0 Å². The van der Waals surface area contributed by atoms with Crippen molar-refractivity contribution in [3.05, 3.63) is 78.0 Å². The van der Waals surface area contributed by atoms with Crippen molar-refractivity contribution in [3.8, 4) is 0 Å². The highest BCUT2D eigenvalue weighted by Crippen LogP contribution is 2.32. The molecule has 1 atom stereocenters. The Morgan fingerprint density at radius 3 is 2.53 bits per heavy atom. The van der Waals surface area contributed by atoms with Gasteiger partial charge < -0.3 is 5.73 Å². The topological polar surface area (TPSA) is 51.8 Å². The zero-order chi connectivity index (χ0) is 13.1. The van der Waals surface area contributed by atoms with E-state index in [1.165, 1.54) is 5.56 Å². The van der Waals surface area contributed by atoms with E-state index >= 15 is 0 Å². The van der Waals surface area contributed by atoms with Crippen molar-refractivity contribution in [1.82, 2.24) is 9.97 Å². The monoisotopic (exact) mass is 249 g/mol. The number of pyridine rings is 2. The van der Waals surface area contributed by atoms with E-state index in [-0.39, 0.29) is 5.92 Å². The van der Waals surface area contributed by atoms with Crippen molar-refractivity contribution >= 4 is 5.57 Å². The lowest BCUT2D eigenvalue weighted by Crippen LogP contribution is -2.09. The van der Waals surface area contributed by atoms with Gasteiger partial charge in [-0.05, 0) is 41.3 Å². The molecule has 0 aromatic carbocycles. The molecule has 1 aliphatic carbocycles. The van der Waals surface area contributed by atoms with Gasteiger partial charge in [-0.25, -0.2) is 0 Å². The molecule has 3 nitrogen and oxygen atoms in total. The molecule has 1 aliphatic rings. The highest BCUT2D eigenvalue weighted by molar-refractivity contribution is 5.76. The van der Waals surface area contributed by atoms with Gasteiger partial charge in [-0.3, -0.25) is 9.97 Å². The van der Waals surface area contributed by atoms with Crippen molar-refractivity contribution in [2.24, 2.45) is 5.73 Å². The van der Waals surface area contributed by atoms with Gasteiger partial charge in [0.2, 0.25) is 0 Å². The van der Waals surface area contributed by atoms with E-state index in [9.17, 15) is 0 Å². The maximum atomic E-state index is 6.07. The van der Waals surface area contributed by atoms with Gasteiger partial charge in [-0.1, -0.05) is 18.2 Å². The van der Waals surface area contributed by atoms with Crippen molar-refractivity contribution in [2.75, 3.05) is 0 Å². The fraction of sp³-hybridized carbons (Fsp3) is 0.125. The van der Waals surface area contributed by atoms with Gasteiger partial charge >= 0.3 is 0 Å². The van der Waals surface area contributed by atoms with Gasteiger partial charge in [0.15, 0.2) is 0 Å². The maximum absolute atomic E-state index is 6.07. The van der Waals surface area contributed by atoms with E-state index < -0.39 is 0 Å². The summed E-state index contributed by atoms with van der Waals surface area (Å²) < 4.78 is 0. The number of rotatable bonds is 2. The van der Waals surface area contributed by atoms with Crippen LogP contribution in [0.5, 0.6) is 0 Å². The molecule has 0 aliphatic heterocycles. The molecular weight excluding hydrogens is 234 g/mol. The molecule has 0 saturated carbocycles. The van der Waals surface area contributed by atoms with Crippen LogP contribution in [0, 0.1) is 0 Å². The predicted molar refractivity (Wildman–Crippen MR) is 76.1 cm³/mol. The highest BCUT2D eigenvalue weighted by atomic mass is 14.6. The van der Waals surface area contributed by atoms with E-state index in [0.29, 0.717) is 0 Å². The lowest BCUT2D eigenvalue weighted by molar-refractivity contribution is 0.802. The third-order valence-corrected chi connectivity index (χ3v) is 3.28. The molecule has 0 bridgehead atoms. The zero-order valence-corrected chi connectivity index (χ0v) is 10.5. The molecule has 94 valence electrons. The first-order chi connectivity index (χ1) is 9.33. The number of hydrogen-bond donors (Lipinski definition) is 1. The zero-order valence-electron chi connectivity index (χ0n) is 10.5. The molecule has 0 radical (unpaired) electrons. The summed E-state index contributed by atoms with van der Waals surface area (Å²) >= 11 is 0. The summed E-state index contributed by atoms with van der Waals surface area (Å²) in [6, 6.07) is 8.04. The van der Waals surface area contributed by atoms with Gasteiger partial charge in [0.05, 0.1) is 0 Å². The number of nitrogens with zero attached hydrogens (tertiary/aromatic N) is 2. The average molecular weight is 249 g/mol. The molecule has 0 fully saturated rings. The minimum Gasteiger partial charge on any atom is -0.402 e. The van der Waals surface area contributed by atoms with Crippen LogP contribution in [0.25, 0.3) is 5.57 Å². The largest absolute Gasteiger partial charge is 0.402 e. The second-order valence-electron chi connectivity index (χ2n) is 4.68. The number of allylic oxidation sites excluding steroid dienone is 4. The van der Waals surface area contributed by atoms with Crippen LogP contribution in [-0.2, 0) is 0 Å². The normalized spacial score (nSPS) is 18.6. The van der Waals surface area contributed by atoms with E-state index in [2.05, 4.69) is 22.1 Å². The summed E-state index contributed by atoms with van der Waals surface area (Å²) in [7, 11) is 0. The Morgan fingerprint density at radius 2 is 1.84 bits per heavy atom. The molecular formula is C16H15N3. The number of nitrogens with two attached hydrogens (primary N) is 1. The smallest absolute Gasteiger partial charge is 0.0346 e. The highest BCUT2D eigenvalue weighted by Gasteiger charge is 2.16. The average Bonchev–Trinajstić information content (AvgIpc) is 2.48. The molecule has 1 unspecified atom stereocenters. The Bertz CT molecular complexity index is 615. The Balaban J connectivity index is 1.98. The summed E-state index contributed by atoms with van der Waals surface area (Å²) in [5, 5.41) is 0. The third kappa shape index (κ3) is 2.55. The standard InChI is InChI=1S/C16H15N3/c17-16-8-14(12-3-1-5-18-10-12)7-15(9-16)13-4-2-6-19-11-13/h1-8,10-11,15H,9,17H2. The first kappa shape index (κ1) is 11.7. The molecule has 3 rings (SSSR count). The second-order valence-corrected chi connectivity index (χ2v) is 4.68. The van der Waals surface area contributed by atoms with E-state index in [0.717, 1.165) is 23.3 Å². The lowest BCUT2D eigenvalue weighted by atomic mass is 9.87. The van der Waals surface area contributed by atoms with Crippen LogP contribution in [-0.4, -0.2) is 9.97 Å². The van der Waals surface area contributed by atoms with Crippen LogP contribution < -0.4 is 5.73 Å². The predicted octanol–water partition coefficient (Wildman–Crippen LogP) is 2.89. The Kier molecular flexibility index (Phi) is 3.11. The molecule has 0 spiro atoms. The molecule has 19 heavy (non-hydrogen) atoms. The van der Waals surface area contributed by atoms with Gasteiger partial charge in [-0.15, -0.1) is 0 Å². The first-order valence-electron chi connectivity index (χ1n) is 6.31. The van der Waals surface area contributed by atoms with E-state index in [1.54, 1.807) is 12.4 Å². The minimum absolute atomic E-state index is 0.286. The van der Waals surface area contributed by atoms with Gasteiger partial charge in [0, 0.05) is 36.4 Å². The molecule has 2 aromatic rings. The third-order valence-electron chi connectivity index (χ3n) is 3.28. The molecule has 2 N–H and O–H groups in total. The Labute approximate surface area is 112 Å². The first-order valence-corrected chi connectivity index (χ1v) is 6.31. The van der Waals surface area contributed by atoms with Crippen LogP contribution in [0.15, 0.2) is 66.9 Å². The van der Waals surface area contributed by atoms with Crippen LogP contribution >= 0.6 is 0 Å². The van der Waals surface area contributed by atoms with Crippen LogP contribution in [0.1, 0.15) is 23.5 Å². The van der Waals surface area contributed by atoms with Crippen molar-refractivity contribution in [2.45, 2.75) is 12.3 Å². The number of aromatic nitrogens is 2. The molecule has 0 amide bonds. The summed E-state index contributed by atoms with van der Waals surface area (Å²) in [5.74, 6) is 0.286. The van der Waals surface area contributed by atoms with Crippen LogP contribution in [0.4, 0.5) is 0 Å². The lowest BCUT2D eigenvalue weighted by Gasteiger charge is -2.20. The van der Waals surface area contributed by atoms with Gasteiger partial charge in [-0.2, -0.15) is 0 Å². The van der Waals surface area contributed by atoms with E-state index in [4.69, 9.17) is 5.73 Å².